The molecule has 1 aliphatic heterocycles. The van der Waals surface area contributed by atoms with Gasteiger partial charge in [-0.25, -0.2) is 0 Å². The zero-order chi connectivity index (χ0) is 9.42. The monoisotopic (exact) mass is 182 g/mol. The quantitative estimate of drug-likeness (QED) is 0.538. The predicted molar refractivity (Wildman–Crippen MR) is 50.2 cm³/mol. The summed E-state index contributed by atoms with van der Waals surface area (Å²) in [5.41, 5.74) is 0. The van der Waals surface area contributed by atoms with Crippen molar-refractivity contribution in [3.63, 3.8) is 0 Å². The number of hydrogen-bond acceptors (Lipinski definition) is 2. The van der Waals surface area contributed by atoms with E-state index in [-0.39, 0.29) is 12.1 Å². The molecule has 2 nitrogen and oxygen atoms in total. The maximum absolute atomic E-state index is 11.2. The SMILES string of the molecule is C[C@@H]1CC[C@@H]2[C@H](C)CC(=O)O[C@@H]2C1. The Labute approximate surface area is 79.7 Å². The van der Waals surface area contributed by atoms with Gasteiger partial charge in [-0.2, -0.15) is 0 Å². The molecule has 74 valence electrons. The topological polar surface area (TPSA) is 26.3 Å². The average molecular weight is 182 g/mol. The Balaban J connectivity index is 2.06. The first kappa shape index (κ1) is 9.04. The lowest BCUT2D eigenvalue weighted by Gasteiger charge is -2.41. The minimum Gasteiger partial charge on any atom is -0.462 e. The van der Waals surface area contributed by atoms with Gasteiger partial charge in [-0.05, 0) is 30.6 Å². The summed E-state index contributed by atoms with van der Waals surface area (Å²) in [6, 6.07) is 0. The molecule has 2 rings (SSSR count). The van der Waals surface area contributed by atoms with Gasteiger partial charge in [0.25, 0.3) is 0 Å². The Bertz CT molecular complexity index is 212. The van der Waals surface area contributed by atoms with E-state index in [1.807, 2.05) is 0 Å². The van der Waals surface area contributed by atoms with Crippen LogP contribution in [-0.4, -0.2) is 12.1 Å². The van der Waals surface area contributed by atoms with Crippen LogP contribution < -0.4 is 0 Å². The highest BCUT2D eigenvalue weighted by molar-refractivity contribution is 5.70. The number of ether oxygens (including phenoxy) is 1. The van der Waals surface area contributed by atoms with Crippen molar-refractivity contribution in [1.82, 2.24) is 0 Å². The lowest BCUT2D eigenvalue weighted by molar-refractivity contribution is -0.166. The predicted octanol–water partition coefficient (Wildman–Crippen LogP) is 2.37. The molecule has 1 saturated heterocycles. The first-order valence-corrected chi connectivity index (χ1v) is 5.36. The summed E-state index contributed by atoms with van der Waals surface area (Å²) in [5.74, 6) is 1.94. The van der Waals surface area contributed by atoms with E-state index in [9.17, 15) is 4.79 Å². The molecular formula is C11H18O2. The number of esters is 1. The van der Waals surface area contributed by atoms with Gasteiger partial charge in [0.15, 0.2) is 0 Å². The van der Waals surface area contributed by atoms with Gasteiger partial charge >= 0.3 is 5.97 Å². The zero-order valence-electron chi connectivity index (χ0n) is 8.45. The molecule has 13 heavy (non-hydrogen) atoms. The molecule has 0 aromatic heterocycles. The standard InChI is InChI=1S/C11H18O2/c1-7-3-4-9-8(2)6-11(12)13-10(9)5-7/h7-10H,3-6H2,1-2H3/t7-,8-,9-,10-/m1/s1. The van der Waals surface area contributed by atoms with Gasteiger partial charge in [-0.1, -0.05) is 20.3 Å². The molecule has 4 atom stereocenters. The largest absolute Gasteiger partial charge is 0.462 e. The first-order chi connectivity index (χ1) is 6.16. The third-order valence-corrected chi connectivity index (χ3v) is 3.61. The van der Waals surface area contributed by atoms with E-state index in [4.69, 9.17) is 4.74 Å². The van der Waals surface area contributed by atoms with Crippen molar-refractivity contribution in [2.75, 3.05) is 0 Å². The molecule has 0 unspecified atom stereocenters. The first-order valence-electron chi connectivity index (χ1n) is 5.36. The highest BCUT2D eigenvalue weighted by Crippen LogP contribution is 2.39. The molecule has 2 fully saturated rings. The second-order valence-electron chi connectivity index (χ2n) is 4.79. The molecule has 0 aromatic rings. The van der Waals surface area contributed by atoms with Crippen LogP contribution in [-0.2, 0) is 9.53 Å². The zero-order valence-corrected chi connectivity index (χ0v) is 8.45. The molecule has 0 radical (unpaired) electrons. The van der Waals surface area contributed by atoms with Gasteiger partial charge in [0.05, 0.1) is 0 Å². The average Bonchev–Trinajstić information content (AvgIpc) is 2.02. The number of carbonyl (C=O) groups is 1. The van der Waals surface area contributed by atoms with Crippen LogP contribution in [0.15, 0.2) is 0 Å². The molecule has 0 N–H and O–H groups in total. The summed E-state index contributed by atoms with van der Waals surface area (Å²) in [6.45, 7) is 4.44. The molecular weight excluding hydrogens is 164 g/mol. The van der Waals surface area contributed by atoms with E-state index >= 15 is 0 Å². The minimum atomic E-state index is 0.0165. The fraction of sp³-hybridized carbons (Fsp3) is 0.909. The number of rotatable bonds is 0. The van der Waals surface area contributed by atoms with Gasteiger partial charge in [0.2, 0.25) is 0 Å². The third-order valence-electron chi connectivity index (χ3n) is 3.61. The van der Waals surface area contributed by atoms with Gasteiger partial charge in [0.1, 0.15) is 6.10 Å². The third kappa shape index (κ3) is 1.72. The summed E-state index contributed by atoms with van der Waals surface area (Å²) < 4.78 is 5.39. The molecule has 0 spiro atoms. The van der Waals surface area contributed by atoms with Crippen LogP contribution in [0.5, 0.6) is 0 Å². The van der Waals surface area contributed by atoms with Crippen molar-refractivity contribution in [2.24, 2.45) is 17.8 Å². The Morgan fingerprint density at radius 2 is 2.08 bits per heavy atom. The Hall–Kier alpha value is -0.530. The van der Waals surface area contributed by atoms with Crippen molar-refractivity contribution in [1.29, 1.82) is 0 Å². The fourth-order valence-electron chi connectivity index (χ4n) is 2.77. The molecule has 2 heteroatoms. The van der Waals surface area contributed by atoms with Crippen LogP contribution in [0.3, 0.4) is 0 Å². The molecule has 0 aromatic carbocycles. The molecule has 0 amide bonds. The maximum atomic E-state index is 11.2. The normalized spacial score (nSPS) is 45.2. The van der Waals surface area contributed by atoms with Gasteiger partial charge in [0, 0.05) is 6.42 Å². The summed E-state index contributed by atoms with van der Waals surface area (Å²) in [6.07, 6.45) is 4.51. The van der Waals surface area contributed by atoms with Crippen molar-refractivity contribution >= 4 is 5.97 Å². The highest BCUT2D eigenvalue weighted by atomic mass is 16.5. The fourth-order valence-corrected chi connectivity index (χ4v) is 2.77. The van der Waals surface area contributed by atoms with Gasteiger partial charge in [-0.15, -0.1) is 0 Å². The van der Waals surface area contributed by atoms with Crippen LogP contribution >= 0.6 is 0 Å². The molecule has 1 aliphatic carbocycles. The number of fused-ring (bicyclic) bond motifs is 1. The van der Waals surface area contributed by atoms with E-state index in [0.29, 0.717) is 18.3 Å². The van der Waals surface area contributed by atoms with Crippen LogP contribution in [0, 0.1) is 17.8 Å². The lowest BCUT2D eigenvalue weighted by Crippen LogP contribution is -2.41. The summed E-state index contributed by atoms with van der Waals surface area (Å²) in [7, 11) is 0. The van der Waals surface area contributed by atoms with Crippen molar-refractivity contribution in [3.8, 4) is 0 Å². The highest BCUT2D eigenvalue weighted by Gasteiger charge is 2.39. The van der Waals surface area contributed by atoms with Gasteiger partial charge in [-0.3, -0.25) is 4.79 Å². The van der Waals surface area contributed by atoms with E-state index in [1.54, 1.807) is 0 Å². The second kappa shape index (κ2) is 3.32. The minimum absolute atomic E-state index is 0.0165. The van der Waals surface area contributed by atoms with Crippen molar-refractivity contribution in [3.05, 3.63) is 0 Å². The molecule has 2 aliphatic rings. The summed E-state index contributed by atoms with van der Waals surface area (Å²) in [5, 5.41) is 0. The van der Waals surface area contributed by atoms with E-state index < -0.39 is 0 Å². The van der Waals surface area contributed by atoms with Crippen LogP contribution in [0.25, 0.3) is 0 Å². The molecule has 1 heterocycles. The van der Waals surface area contributed by atoms with Crippen LogP contribution in [0.1, 0.15) is 39.5 Å². The Kier molecular flexibility index (Phi) is 2.31. The van der Waals surface area contributed by atoms with Crippen LogP contribution in [0.2, 0.25) is 0 Å². The summed E-state index contributed by atoms with van der Waals surface area (Å²) >= 11 is 0. The number of hydrogen-bond donors (Lipinski definition) is 0. The van der Waals surface area contributed by atoms with Crippen molar-refractivity contribution < 1.29 is 9.53 Å². The molecule has 1 saturated carbocycles. The van der Waals surface area contributed by atoms with E-state index in [1.165, 1.54) is 12.8 Å². The lowest BCUT2D eigenvalue weighted by atomic mass is 9.72. The Morgan fingerprint density at radius 1 is 1.31 bits per heavy atom. The van der Waals surface area contributed by atoms with E-state index in [0.717, 1.165) is 12.3 Å². The van der Waals surface area contributed by atoms with Crippen molar-refractivity contribution in [2.45, 2.75) is 45.6 Å². The van der Waals surface area contributed by atoms with Crippen LogP contribution in [0.4, 0.5) is 0 Å². The van der Waals surface area contributed by atoms with Gasteiger partial charge < -0.3 is 4.74 Å². The maximum Gasteiger partial charge on any atom is 0.306 e. The van der Waals surface area contributed by atoms with E-state index in [2.05, 4.69) is 13.8 Å². The second-order valence-corrected chi connectivity index (χ2v) is 4.79. The molecule has 0 bridgehead atoms. The Morgan fingerprint density at radius 3 is 2.85 bits per heavy atom. The number of carbonyl (C=O) groups excluding carboxylic acids is 1. The summed E-state index contributed by atoms with van der Waals surface area (Å²) in [4.78, 5) is 11.2. The smallest absolute Gasteiger partial charge is 0.306 e.